The predicted octanol–water partition coefficient (Wildman–Crippen LogP) is 0.665. The van der Waals surface area contributed by atoms with E-state index in [1.165, 1.54) is 12.8 Å². The molecule has 0 aromatic rings. The molecule has 3 aliphatic rings. The molecule has 2 atom stereocenters. The first-order valence-electron chi connectivity index (χ1n) is 8.84. The maximum absolute atomic E-state index is 12.9. The van der Waals surface area contributed by atoms with Crippen molar-refractivity contribution in [2.75, 3.05) is 37.7 Å². The summed E-state index contributed by atoms with van der Waals surface area (Å²) in [5.74, 6) is 0.380. The number of likely N-dealkylation sites (N-methyl/N-ethyl adjacent to an activating group) is 1. The fourth-order valence-electron chi connectivity index (χ4n) is 3.69. The van der Waals surface area contributed by atoms with E-state index in [1.807, 2.05) is 4.90 Å². The topological polar surface area (TPSA) is 66.9 Å². The molecule has 1 aliphatic carbocycles. The number of rotatable bonds is 7. The van der Waals surface area contributed by atoms with Gasteiger partial charge in [-0.25, -0.2) is 8.42 Å². The molecule has 0 unspecified atom stereocenters. The Morgan fingerprint density at radius 1 is 1.17 bits per heavy atom. The first kappa shape index (κ1) is 17.2. The van der Waals surface area contributed by atoms with Gasteiger partial charge in [0.05, 0.1) is 24.2 Å². The second-order valence-corrected chi connectivity index (χ2v) is 9.26. The van der Waals surface area contributed by atoms with Crippen LogP contribution >= 0.6 is 0 Å². The van der Waals surface area contributed by atoms with Crippen LogP contribution in [-0.4, -0.2) is 80.1 Å². The smallest absolute Gasteiger partial charge is 0.237 e. The third-order valence-electron chi connectivity index (χ3n) is 5.20. The van der Waals surface area contributed by atoms with Gasteiger partial charge in [0, 0.05) is 25.2 Å². The molecule has 2 saturated heterocycles. The monoisotopic (exact) mass is 344 g/mol. The lowest BCUT2D eigenvalue weighted by atomic mass is 10.1. The van der Waals surface area contributed by atoms with Crippen molar-refractivity contribution in [3.05, 3.63) is 0 Å². The van der Waals surface area contributed by atoms with E-state index in [2.05, 4.69) is 11.8 Å². The summed E-state index contributed by atoms with van der Waals surface area (Å²) < 4.78 is 29.3. The summed E-state index contributed by atoms with van der Waals surface area (Å²) in [6, 6.07) is 0.371. The van der Waals surface area contributed by atoms with Gasteiger partial charge < -0.3 is 9.64 Å². The molecular formula is C16H28N2O4S. The van der Waals surface area contributed by atoms with Crippen LogP contribution in [0.4, 0.5) is 0 Å². The number of carbonyl (C=O) groups excluding carboxylic acids is 1. The van der Waals surface area contributed by atoms with Gasteiger partial charge in [-0.15, -0.1) is 0 Å². The van der Waals surface area contributed by atoms with Crippen molar-refractivity contribution in [1.82, 2.24) is 9.80 Å². The van der Waals surface area contributed by atoms with Crippen molar-refractivity contribution in [3.63, 3.8) is 0 Å². The summed E-state index contributed by atoms with van der Waals surface area (Å²) >= 11 is 0. The molecule has 23 heavy (non-hydrogen) atoms. The first-order valence-corrected chi connectivity index (χ1v) is 10.7. The van der Waals surface area contributed by atoms with E-state index in [9.17, 15) is 13.2 Å². The maximum Gasteiger partial charge on any atom is 0.237 e. The van der Waals surface area contributed by atoms with Crippen molar-refractivity contribution in [1.29, 1.82) is 0 Å². The highest BCUT2D eigenvalue weighted by atomic mass is 32.2. The lowest BCUT2D eigenvalue weighted by molar-refractivity contribution is -0.136. The van der Waals surface area contributed by atoms with Crippen LogP contribution in [0.5, 0.6) is 0 Å². The molecule has 6 nitrogen and oxygen atoms in total. The van der Waals surface area contributed by atoms with E-state index in [1.54, 1.807) is 0 Å². The number of amides is 1. The average Bonchev–Trinajstić information content (AvgIpc) is 3.10. The van der Waals surface area contributed by atoms with Crippen LogP contribution in [0.3, 0.4) is 0 Å². The van der Waals surface area contributed by atoms with E-state index in [0.717, 1.165) is 26.0 Å². The zero-order valence-electron chi connectivity index (χ0n) is 13.9. The van der Waals surface area contributed by atoms with Crippen LogP contribution in [0.15, 0.2) is 0 Å². The van der Waals surface area contributed by atoms with E-state index in [0.29, 0.717) is 25.6 Å². The minimum absolute atomic E-state index is 0.0661. The highest BCUT2D eigenvalue weighted by Gasteiger charge is 2.38. The highest BCUT2D eigenvalue weighted by molar-refractivity contribution is 7.91. The van der Waals surface area contributed by atoms with E-state index in [4.69, 9.17) is 4.74 Å². The fourth-order valence-corrected chi connectivity index (χ4v) is 5.42. The number of ether oxygens (including phenoxy) is 1. The lowest BCUT2D eigenvalue weighted by Gasteiger charge is -2.32. The van der Waals surface area contributed by atoms with E-state index >= 15 is 0 Å². The van der Waals surface area contributed by atoms with Gasteiger partial charge in [-0.3, -0.25) is 9.69 Å². The maximum atomic E-state index is 12.9. The molecule has 0 bridgehead atoms. The summed E-state index contributed by atoms with van der Waals surface area (Å²) in [4.78, 5) is 16.9. The van der Waals surface area contributed by atoms with Crippen molar-refractivity contribution >= 4 is 15.7 Å². The molecule has 3 rings (SSSR count). The highest BCUT2D eigenvalue weighted by Crippen LogP contribution is 2.27. The Bertz CT molecular complexity index is 526. The average molecular weight is 344 g/mol. The van der Waals surface area contributed by atoms with Gasteiger partial charge in [-0.1, -0.05) is 6.92 Å². The van der Waals surface area contributed by atoms with Gasteiger partial charge in [0.1, 0.15) is 0 Å². The fraction of sp³-hybridized carbons (Fsp3) is 0.938. The van der Waals surface area contributed by atoms with Gasteiger partial charge in [0.25, 0.3) is 0 Å². The van der Waals surface area contributed by atoms with Crippen molar-refractivity contribution in [2.45, 2.75) is 57.2 Å². The molecule has 0 N–H and O–H groups in total. The normalized spacial score (nSPS) is 30.0. The molecule has 3 fully saturated rings. The quantitative estimate of drug-likeness (QED) is 0.679. The summed E-state index contributed by atoms with van der Waals surface area (Å²) in [6.45, 7) is 4.65. The predicted molar refractivity (Wildman–Crippen MR) is 88.0 cm³/mol. The molecular weight excluding hydrogens is 316 g/mol. The second kappa shape index (κ2) is 7.07. The number of hydrogen-bond acceptors (Lipinski definition) is 5. The molecule has 2 aliphatic heterocycles. The third kappa shape index (κ3) is 4.45. The zero-order chi connectivity index (χ0) is 16.4. The summed E-state index contributed by atoms with van der Waals surface area (Å²) in [5.41, 5.74) is 0. The van der Waals surface area contributed by atoms with Gasteiger partial charge >= 0.3 is 0 Å². The van der Waals surface area contributed by atoms with Gasteiger partial charge in [-0.2, -0.15) is 0 Å². The molecule has 1 amide bonds. The number of sulfone groups is 1. The molecule has 1 saturated carbocycles. The third-order valence-corrected chi connectivity index (χ3v) is 6.95. The molecule has 132 valence electrons. The number of carbonyl (C=O) groups is 1. The Morgan fingerprint density at radius 3 is 2.48 bits per heavy atom. The van der Waals surface area contributed by atoms with Crippen molar-refractivity contribution < 1.29 is 17.9 Å². The largest absolute Gasteiger partial charge is 0.376 e. The summed E-state index contributed by atoms with van der Waals surface area (Å²) in [7, 11) is -2.99. The Hall–Kier alpha value is -0.660. The number of hydrogen-bond donors (Lipinski definition) is 0. The molecule has 0 aromatic heterocycles. The summed E-state index contributed by atoms with van der Waals surface area (Å²) in [6.07, 6.45) is 4.96. The first-order chi connectivity index (χ1) is 11.0. The van der Waals surface area contributed by atoms with Crippen LogP contribution in [-0.2, 0) is 19.4 Å². The van der Waals surface area contributed by atoms with Crippen molar-refractivity contribution in [2.24, 2.45) is 0 Å². The minimum Gasteiger partial charge on any atom is -0.376 e. The second-order valence-electron chi connectivity index (χ2n) is 7.03. The molecule has 7 heteroatoms. The molecule has 0 aromatic carbocycles. The molecule has 0 spiro atoms. The Balaban J connectivity index is 1.66. The minimum atomic E-state index is -2.99. The SMILES string of the molecule is CCN(CC(=O)N(C[C@@H]1CCCO1)[C@H]1CCS(=O)(=O)C1)C1CC1. The Morgan fingerprint density at radius 2 is 1.96 bits per heavy atom. The van der Waals surface area contributed by atoms with Crippen LogP contribution in [0.1, 0.15) is 39.0 Å². The summed E-state index contributed by atoms with van der Waals surface area (Å²) in [5, 5.41) is 0. The molecule has 0 radical (unpaired) electrons. The van der Waals surface area contributed by atoms with Gasteiger partial charge in [0.15, 0.2) is 9.84 Å². The van der Waals surface area contributed by atoms with Crippen LogP contribution < -0.4 is 0 Å². The van der Waals surface area contributed by atoms with Crippen molar-refractivity contribution in [3.8, 4) is 0 Å². The van der Waals surface area contributed by atoms with Crippen LogP contribution in [0, 0.1) is 0 Å². The van der Waals surface area contributed by atoms with Gasteiger partial charge in [0.2, 0.25) is 5.91 Å². The Labute approximate surface area is 139 Å². The van der Waals surface area contributed by atoms with Crippen LogP contribution in [0.2, 0.25) is 0 Å². The molecule has 2 heterocycles. The Kier molecular flexibility index (Phi) is 5.28. The van der Waals surface area contributed by atoms with E-state index in [-0.39, 0.29) is 29.6 Å². The lowest BCUT2D eigenvalue weighted by Crippen LogP contribution is -2.49. The number of nitrogens with zero attached hydrogens (tertiary/aromatic N) is 2. The van der Waals surface area contributed by atoms with E-state index < -0.39 is 9.84 Å². The standard InChI is InChI=1S/C16H28N2O4S/c1-2-17(13-5-6-13)11-16(19)18(10-15-4-3-8-22-15)14-7-9-23(20,21)12-14/h13-15H,2-12H2,1H3/t14-,15-/m0/s1. The van der Waals surface area contributed by atoms with Gasteiger partial charge in [-0.05, 0) is 38.6 Å². The van der Waals surface area contributed by atoms with Crippen LogP contribution in [0.25, 0.3) is 0 Å². The zero-order valence-corrected chi connectivity index (χ0v) is 14.8.